The van der Waals surface area contributed by atoms with Crippen LogP contribution in [0.1, 0.15) is 42.4 Å². The van der Waals surface area contributed by atoms with Crippen LogP contribution in [0.4, 0.5) is 11.5 Å². The van der Waals surface area contributed by atoms with E-state index in [1.807, 2.05) is 19.1 Å². The SMILES string of the molecule is [C-]#[N+]c1ccc2c(n1)c(N1C[C@@H](C)N(C(c3ccc(C)cc3)c3cccc(C)n3)C[C@@H]1C)cc(=O)n2C. The summed E-state index contributed by atoms with van der Waals surface area (Å²) in [5.74, 6) is 0.330. The standard InChI is InChI=1S/C30H32N6O/c1-19-10-12-23(13-11-19)30(24-9-7-8-20(2)32-24)36-18-21(3)35(17-22(36)4)26-16-28(37)34(6)25-14-15-27(31-5)33-29(25)26/h7-16,21-22,30H,17-18H2,1-4,6H3/t21-,22+,30?/m0/s1. The number of piperazine rings is 1. The van der Waals surface area contributed by atoms with E-state index in [-0.39, 0.29) is 23.7 Å². The molecule has 1 aliphatic rings. The third kappa shape index (κ3) is 4.61. The molecule has 0 N–H and O–H groups in total. The average Bonchev–Trinajstić information content (AvgIpc) is 2.89. The number of nitrogens with zero attached hydrogens (tertiary/aromatic N) is 6. The highest BCUT2D eigenvalue weighted by atomic mass is 16.1. The summed E-state index contributed by atoms with van der Waals surface area (Å²) >= 11 is 0. The largest absolute Gasteiger partial charge is 0.362 e. The summed E-state index contributed by atoms with van der Waals surface area (Å²) in [7, 11) is 1.75. The van der Waals surface area contributed by atoms with Gasteiger partial charge < -0.3 is 14.3 Å². The number of aryl methyl sites for hydroxylation is 3. The van der Waals surface area contributed by atoms with Crippen molar-refractivity contribution in [2.75, 3.05) is 18.0 Å². The van der Waals surface area contributed by atoms with Gasteiger partial charge in [0.05, 0.1) is 22.9 Å². The van der Waals surface area contributed by atoms with E-state index in [4.69, 9.17) is 11.6 Å². The van der Waals surface area contributed by atoms with E-state index in [2.05, 4.69) is 76.8 Å². The van der Waals surface area contributed by atoms with E-state index in [0.29, 0.717) is 11.3 Å². The van der Waals surface area contributed by atoms with E-state index >= 15 is 0 Å². The van der Waals surface area contributed by atoms with Gasteiger partial charge in [-0.05, 0) is 57.5 Å². The minimum atomic E-state index is -0.0800. The molecule has 4 heterocycles. The maximum atomic E-state index is 12.9. The van der Waals surface area contributed by atoms with E-state index < -0.39 is 0 Å². The van der Waals surface area contributed by atoms with Gasteiger partial charge in [-0.15, -0.1) is 4.98 Å². The fraction of sp³-hybridized carbons (Fsp3) is 0.333. The third-order valence-corrected chi connectivity index (χ3v) is 7.43. The molecule has 3 aromatic heterocycles. The summed E-state index contributed by atoms with van der Waals surface area (Å²) in [5, 5.41) is 0. The van der Waals surface area contributed by atoms with Crippen molar-refractivity contribution in [2.24, 2.45) is 7.05 Å². The number of fused-ring (bicyclic) bond motifs is 1. The molecule has 3 atom stereocenters. The lowest BCUT2D eigenvalue weighted by Gasteiger charge is -2.48. The Morgan fingerprint density at radius 2 is 1.73 bits per heavy atom. The molecule has 0 aliphatic carbocycles. The van der Waals surface area contributed by atoms with Crippen molar-refractivity contribution in [3.63, 3.8) is 0 Å². The van der Waals surface area contributed by atoms with E-state index in [1.54, 1.807) is 23.7 Å². The molecule has 0 bridgehead atoms. The van der Waals surface area contributed by atoms with Gasteiger partial charge in [0.15, 0.2) is 0 Å². The predicted molar refractivity (Wildman–Crippen MR) is 148 cm³/mol. The lowest BCUT2D eigenvalue weighted by molar-refractivity contribution is 0.128. The zero-order valence-corrected chi connectivity index (χ0v) is 22.0. The fourth-order valence-corrected chi connectivity index (χ4v) is 5.43. The highest BCUT2D eigenvalue weighted by Crippen LogP contribution is 2.35. The molecule has 5 rings (SSSR count). The normalized spacial score (nSPS) is 19.1. The van der Waals surface area contributed by atoms with E-state index in [9.17, 15) is 4.79 Å². The quantitative estimate of drug-likeness (QED) is 0.367. The van der Waals surface area contributed by atoms with Crippen LogP contribution in [0.25, 0.3) is 15.9 Å². The summed E-state index contributed by atoms with van der Waals surface area (Å²) in [6.45, 7) is 17.5. The Hall–Kier alpha value is -4.02. The van der Waals surface area contributed by atoms with Crippen molar-refractivity contribution in [3.05, 3.63) is 105 Å². The Balaban J connectivity index is 1.56. The molecule has 0 radical (unpaired) electrons. The van der Waals surface area contributed by atoms with Crippen molar-refractivity contribution in [2.45, 2.75) is 45.8 Å². The second kappa shape index (κ2) is 9.79. The molecule has 0 amide bonds. The lowest BCUT2D eigenvalue weighted by atomic mass is 9.95. The number of pyridine rings is 3. The van der Waals surface area contributed by atoms with Crippen LogP contribution in [0.5, 0.6) is 0 Å². The minimum Gasteiger partial charge on any atom is -0.362 e. The van der Waals surface area contributed by atoms with Crippen LogP contribution < -0.4 is 10.5 Å². The first kappa shape index (κ1) is 24.7. The number of anilines is 1. The van der Waals surface area contributed by atoms with Gasteiger partial charge in [0.25, 0.3) is 11.4 Å². The van der Waals surface area contributed by atoms with Gasteiger partial charge in [-0.1, -0.05) is 42.5 Å². The number of hydrogen-bond acceptors (Lipinski definition) is 5. The van der Waals surface area contributed by atoms with Crippen molar-refractivity contribution >= 4 is 22.5 Å². The molecule has 7 nitrogen and oxygen atoms in total. The highest BCUT2D eigenvalue weighted by molar-refractivity contribution is 5.89. The molecule has 1 fully saturated rings. The van der Waals surface area contributed by atoms with Gasteiger partial charge >= 0.3 is 0 Å². The van der Waals surface area contributed by atoms with Gasteiger partial charge in [0.1, 0.15) is 0 Å². The number of hydrogen-bond donors (Lipinski definition) is 0. The van der Waals surface area contributed by atoms with Crippen molar-refractivity contribution in [1.29, 1.82) is 0 Å². The molecule has 1 aromatic carbocycles. The highest BCUT2D eigenvalue weighted by Gasteiger charge is 2.36. The number of benzene rings is 1. The molecule has 0 saturated carbocycles. The smallest absolute Gasteiger partial charge is 0.270 e. The van der Waals surface area contributed by atoms with Crippen LogP contribution in [0.2, 0.25) is 0 Å². The monoisotopic (exact) mass is 492 g/mol. The van der Waals surface area contributed by atoms with Gasteiger partial charge in [0.2, 0.25) is 5.52 Å². The lowest BCUT2D eigenvalue weighted by Crippen LogP contribution is -2.57. The maximum absolute atomic E-state index is 12.9. The zero-order chi connectivity index (χ0) is 26.3. The average molecular weight is 493 g/mol. The van der Waals surface area contributed by atoms with Crippen molar-refractivity contribution in [1.82, 2.24) is 19.4 Å². The summed E-state index contributed by atoms with van der Waals surface area (Å²) < 4.78 is 1.60. The van der Waals surface area contributed by atoms with Crippen molar-refractivity contribution in [3.8, 4) is 0 Å². The Kier molecular flexibility index (Phi) is 6.53. The summed E-state index contributed by atoms with van der Waals surface area (Å²) in [6.07, 6.45) is 0. The van der Waals surface area contributed by atoms with Crippen LogP contribution in [-0.4, -0.2) is 44.6 Å². The van der Waals surface area contributed by atoms with Gasteiger partial charge in [-0.2, -0.15) is 0 Å². The molecule has 7 heteroatoms. The number of rotatable bonds is 4. The molecule has 37 heavy (non-hydrogen) atoms. The Morgan fingerprint density at radius 1 is 0.973 bits per heavy atom. The summed E-state index contributed by atoms with van der Waals surface area (Å²) in [5.41, 5.74) is 6.64. The Labute approximate surface area is 217 Å². The second-order valence-corrected chi connectivity index (χ2v) is 10.1. The first-order valence-corrected chi connectivity index (χ1v) is 12.7. The van der Waals surface area contributed by atoms with E-state index in [1.165, 1.54) is 11.1 Å². The molecule has 188 valence electrons. The Bertz CT molecular complexity index is 1550. The molecule has 0 spiro atoms. The van der Waals surface area contributed by atoms with Gasteiger partial charge in [-0.3, -0.25) is 14.7 Å². The van der Waals surface area contributed by atoms with Crippen LogP contribution in [0.3, 0.4) is 0 Å². The first-order chi connectivity index (χ1) is 17.8. The molecule has 1 unspecified atom stereocenters. The maximum Gasteiger partial charge on any atom is 0.270 e. The molecule has 1 saturated heterocycles. The van der Waals surface area contributed by atoms with Crippen LogP contribution in [0, 0.1) is 20.4 Å². The van der Waals surface area contributed by atoms with Crippen LogP contribution in [0.15, 0.2) is 65.5 Å². The summed E-state index contributed by atoms with van der Waals surface area (Å²) in [4.78, 5) is 30.7. The second-order valence-electron chi connectivity index (χ2n) is 10.1. The van der Waals surface area contributed by atoms with Crippen LogP contribution >= 0.6 is 0 Å². The first-order valence-electron chi connectivity index (χ1n) is 12.7. The third-order valence-electron chi connectivity index (χ3n) is 7.43. The molecular weight excluding hydrogens is 460 g/mol. The van der Waals surface area contributed by atoms with Crippen LogP contribution in [-0.2, 0) is 7.05 Å². The van der Waals surface area contributed by atoms with Gasteiger partial charge in [0, 0.05) is 44.0 Å². The molecule has 4 aromatic rings. The molecular formula is C30H32N6O. The van der Waals surface area contributed by atoms with Gasteiger partial charge in [-0.25, -0.2) is 0 Å². The predicted octanol–water partition coefficient (Wildman–Crippen LogP) is 5.18. The van der Waals surface area contributed by atoms with E-state index in [0.717, 1.165) is 35.7 Å². The minimum absolute atomic E-state index is 0.0207. The number of aromatic nitrogens is 3. The topological polar surface area (TPSA) is 58.6 Å². The zero-order valence-electron chi connectivity index (χ0n) is 22.0. The van der Waals surface area contributed by atoms with Crippen molar-refractivity contribution < 1.29 is 0 Å². The summed E-state index contributed by atoms with van der Waals surface area (Å²) in [6, 6.07) is 20.4. The fourth-order valence-electron chi connectivity index (χ4n) is 5.43. The molecule has 1 aliphatic heterocycles. The Morgan fingerprint density at radius 3 is 2.43 bits per heavy atom.